The fourth-order valence-electron chi connectivity index (χ4n) is 1.06. The molecule has 0 saturated carbocycles. The average molecular weight is 170 g/mol. The fraction of sp³-hybridized carbons (Fsp3) is 0.333. The van der Waals surface area contributed by atoms with Crippen LogP contribution in [0.4, 0.5) is 4.39 Å². The summed E-state index contributed by atoms with van der Waals surface area (Å²) in [7, 11) is 0. The first-order valence-electron chi connectivity index (χ1n) is 3.76. The van der Waals surface area contributed by atoms with E-state index in [2.05, 4.69) is 4.89 Å². The Hall–Kier alpha value is -1.09. The minimum atomic E-state index is -0.413. The molecular formula is C9H11FO2. The first kappa shape index (κ1) is 9.00. The smallest absolute Gasteiger partial charge is 0.171 e. The molecule has 2 nitrogen and oxygen atoms in total. The molecule has 1 rings (SSSR count). The first-order chi connectivity index (χ1) is 5.65. The van der Waals surface area contributed by atoms with Gasteiger partial charge in [0.15, 0.2) is 5.75 Å². The minimum absolute atomic E-state index is 0.185. The average Bonchev–Trinajstić information content (AvgIpc) is 2.03. The van der Waals surface area contributed by atoms with Crippen molar-refractivity contribution in [3.8, 4) is 5.75 Å². The molecule has 0 heterocycles. The second-order valence-corrected chi connectivity index (χ2v) is 2.93. The Kier molecular flexibility index (Phi) is 2.65. The minimum Gasteiger partial charge on any atom is -0.340 e. The SMILES string of the molecule is CC(C)c1ccc(F)cc1OO. The number of hydrogen-bond acceptors (Lipinski definition) is 2. The van der Waals surface area contributed by atoms with Crippen LogP contribution in [0.3, 0.4) is 0 Å². The zero-order valence-corrected chi connectivity index (χ0v) is 7.04. The van der Waals surface area contributed by atoms with Gasteiger partial charge in [0.1, 0.15) is 5.82 Å². The van der Waals surface area contributed by atoms with Gasteiger partial charge in [0.2, 0.25) is 0 Å². The Morgan fingerprint density at radius 3 is 2.58 bits per heavy atom. The van der Waals surface area contributed by atoms with E-state index in [-0.39, 0.29) is 11.7 Å². The van der Waals surface area contributed by atoms with Crippen molar-refractivity contribution in [3.63, 3.8) is 0 Å². The molecule has 12 heavy (non-hydrogen) atoms. The maximum Gasteiger partial charge on any atom is 0.171 e. The highest BCUT2D eigenvalue weighted by atomic mass is 19.1. The van der Waals surface area contributed by atoms with E-state index in [4.69, 9.17) is 5.26 Å². The lowest BCUT2D eigenvalue weighted by molar-refractivity contribution is -0.138. The van der Waals surface area contributed by atoms with Crippen molar-refractivity contribution < 1.29 is 14.5 Å². The Morgan fingerprint density at radius 1 is 1.42 bits per heavy atom. The molecule has 0 aliphatic carbocycles. The molecule has 0 saturated heterocycles. The Bertz CT molecular complexity index is 271. The molecule has 1 aromatic carbocycles. The van der Waals surface area contributed by atoms with Crippen molar-refractivity contribution in [1.82, 2.24) is 0 Å². The van der Waals surface area contributed by atoms with Crippen molar-refractivity contribution in [3.05, 3.63) is 29.6 Å². The van der Waals surface area contributed by atoms with Crippen LogP contribution < -0.4 is 4.89 Å². The van der Waals surface area contributed by atoms with Crippen LogP contribution in [0, 0.1) is 5.82 Å². The van der Waals surface area contributed by atoms with Gasteiger partial charge in [-0.15, -0.1) is 0 Å². The van der Waals surface area contributed by atoms with E-state index in [1.54, 1.807) is 6.07 Å². The predicted molar refractivity (Wildman–Crippen MR) is 43.7 cm³/mol. The van der Waals surface area contributed by atoms with Gasteiger partial charge in [0.05, 0.1) is 0 Å². The molecule has 3 heteroatoms. The van der Waals surface area contributed by atoms with Gasteiger partial charge in [-0.25, -0.2) is 9.65 Å². The summed E-state index contributed by atoms with van der Waals surface area (Å²) < 4.78 is 12.6. The van der Waals surface area contributed by atoms with Crippen LogP contribution in [0.2, 0.25) is 0 Å². The molecular weight excluding hydrogens is 159 g/mol. The van der Waals surface area contributed by atoms with E-state index in [0.717, 1.165) is 11.6 Å². The third-order valence-corrected chi connectivity index (χ3v) is 1.70. The van der Waals surface area contributed by atoms with Gasteiger partial charge >= 0.3 is 0 Å². The molecule has 0 fully saturated rings. The van der Waals surface area contributed by atoms with Crippen LogP contribution in [0.15, 0.2) is 18.2 Å². The molecule has 0 radical (unpaired) electrons. The summed E-state index contributed by atoms with van der Waals surface area (Å²) in [5.41, 5.74) is 0.791. The van der Waals surface area contributed by atoms with Gasteiger partial charge in [-0.2, -0.15) is 0 Å². The van der Waals surface area contributed by atoms with Gasteiger partial charge in [-0.05, 0) is 12.0 Å². The molecule has 66 valence electrons. The summed E-state index contributed by atoms with van der Waals surface area (Å²) in [4.78, 5) is 4.05. The van der Waals surface area contributed by atoms with E-state index >= 15 is 0 Å². The van der Waals surface area contributed by atoms with Crippen LogP contribution >= 0.6 is 0 Å². The zero-order chi connectivity index (χ0) is 9.14. The van der Waals surface area contributed by atoms with Gasteiger partial charge in [-0.1, -0.05) is 19.9 Å². The summed E-state index contributed by atoms with van der Waals surface area (Å²) in [6.45, 7) is 3.88. The van der Waals surface area contributed by atoms with Crippen molar-refractivity contribution in [2.45, 2.75) is 19.8 Å². The molecule has 0 unspecified atom stereocenters. The predicted octanol–water partition coefficient (Wildman–Crippen LogP) is 2.80. The van der Waals surface area contributed by atoms with Crippen LogP contribution in [0.1, 0.15) is 25.3 Å². The lowest BCUT2D eigenvalue weighted by Gasteiger charge is -2.08. The van der Waals surface area contributed by atoms with E-state index < -0.39 is 5.82 Å². The highest BCUT2D eigenvalue weighted by molar-refractivity contribution is 5.35. The molecule has 0 aromatic heterocycles. The van der Waals surface area contributed by atoms with E-state index in [0.29, 0.717) is 0 Å². The van der Waals surface area contributed by atoms with Crippen molar-refractivity contribution in [2.24, 2.45) is 0 Å². The number of rotatable bonds is 2. The van der Waals surface area contributed by atoms with Crippen LogP contribution in [0.25, 0.3) is 0 Å². The molecule has 0 aliphatic heterocycles. The second-order valence-electron chi connectivity index (χ2n) is 2.93. The molecule has 0 aliphatic rings. The first-order valence-corrected chi connectivity index (χ1v) is 3.76. The topological polar surface area (TPSA) is 29.5 Å². The Balaban J connectivity index is 3.11. The molecule has 0 spiro atoms. The highest BCUT2D eigenvalue weighted by Crippen LogP contribution is 2.26. The lowest BCUT2D eigenvalue weighted by atomic mass is 10.0. The third-order valence-electron chi connectivity index (χ3n) is 1.70. The second kappa shape index (κ2) is 3.54. The Morgan fingerprint density at radius 2 is 2.08 bits per heavy atom. The normalized spacial score (nSPS) is 10.4. The molecule has 0 bridgehead atoms. The summed E-state index contributed by atoms with van der Waals surface area (Å²) in [6.07, 6.45) is 0. The fourth-order valence-corrected chi connectivity index (χ4v) is 1.06. The molecule has 0 amide bonds. The Labute approximate surface area is 70.5 Å². The van der Waals surface area contributed by atoms with Crippen molar-refractivity contribution in [1.29, 1.82) is 0 Å². The molecule has 1 N–H and O–H groups in total. The number of benzene rings is 1. The van der Waals surface area contributed by atoms with E-state index in [1.165, 1.54) is 6.07 Å². The number of hydrogen-bond donors (Lipinski definition) is 1. The van der Waals surface area contributed by atoms with Crippen molar-refractivity contribution in [2.75, 3.05) is 0 Å². The standard InChI is InChI=1S/C9H11FO2/c1-6(2)8-4-3-7(10)5-9(8)12-11/h3-6,11H,1-2H3. The summed E-state index contributed by atoms with van der Waals surface area (Å²) in [5.74, 6) is -0.0267. The van der Waals surface area contributed by atoms with Gasteiger partial charge in [0.25, 0.3) is 0 Å². The van der Waals surface area contributed by atoms with E-state index in [9.17, 15) is 4.39 Å². The van der Waals surface area contributed by atoms with Gasteiger partial charge in [0, 0.05) is 11.6 Å². The lowest BCUT2D eigenvalue weighted by Crippen LogP contribution is -1.95. The quantitative estimate of drug-likeness (QED) is 0.546. The van der Waals surface area contributed by atoms with Crippen LogP contribution in [-0.4, -0.2) is 5.26 Å². The van der Waals surface area contributed by atoms with E-state index in [1.807, 2.05) is 13.8 Å². The largest absolute Gasteiger partial charge is 0.340 e. The molecule has 0 atom stereocenters. The third kappa shape index (κ3) is 1.74. The summed E-state index contributed by atoms with van der Waals surface area (Å²) in [6, 6.07) is 4.11. The number of halogens is 1. The van der Waals surface area contributed by atoms with Crippen molar-refractivity contribution >= 4 is 0 Å². The monoisotopic (exact) mass is 170 g/mol. The van der Waals surface area contributed by atoms with Gasteiger partial charge < -0.3 is 4.89 Å². The van der Waals surface area contributed by atoms with Gasteiger partial charge in [-0.3, -0.25) is 0 Å². The van der Waals surface area contributed by atoms with Crippen LogP contribution in [0.5, 0.6) is 5.75 Å². The van der Waals surface area contributed by atoms with Crippen LogP contribution in [-0.2, 0) is 0 Å². The highest BCUT2D eigenvalue weighted by Gasteiger charge is 2.08. The summed E-state index contributed by atoms with van der Waals surface area (Å²) in [5, 5.41) is 8.43. The molecule has 1 aromatic rings. The maximum absolute atomic E-state index is 12.6. The zero-order valence-electron chi connectivity index (χ0n) is 7.04. The summed E-state index contributed by atoms with van der Waals surface area (Å²) >= 11 is 0. The maximum atomic E-state index is 12.6.